The van der Waals surface area contributed by atoms with Crippen LogP contribution < -0.4 is 15.4 Å². The third-order valence-electron chi connectivity index (χ3n) is 11.6. The van der Waals surface area contributed by atoms with Gasteiger partial charge in [-0.3, -0.25) is 9.59 Å². The van der Waals surface area contributed by atoms with Crippen molar-refractivity contribution in [2.45, 2.75) is 96.5 Å². The smallest absolute Gasteiger partial charge is 0.349 e. The average molecular weight is 839 g/mol. The van der Waals surface area contributed by atoms with Crippen LogP contribution in [0.5, 0.6) is 5.75 Å². The molecule has 308 valence electrons. The second-order valence-electron chi connectivity index (χ2n) is 16.5. The molecule has 3 atom stereocenters. The van der Waals surface area contributed by atoms with Gasteiger partial charge in [0, 0.05) is 66.8 Å². The Bertz CT molecular complexity index is 1910. The number of rotatable bonds is 14. The van der Waals surface area contributed by atoms with Crippen molar-refractivity contribution < 1.29 is 29.0 Å². The van der Waals surface area contributed by atoms with Gasteiger partial charge in [-0.25, -0.2) is 13.9 Å². The number of nitrogens with zero attached hydrogens (tertiary/aromatic N) is 3. The summed E-state index contributed by atoms with van der Waals surface area (Å²) in [5.41, 5.74) is 3.51. The Balaban J connectivity index is 0.991. The number of carboxylic acid groups (broad SMARTS) is 1. The van der Waals surface area contributed by atoms with Crippen molar-refractivity contribution in [1.82, 2.24) is 14.1 Å². The lowest BCUT2D eigenvalue weighted by Gasteiger charge is -2.45. The number of ether oxygens (including phenoxy) is 1. The highest BCUT2D eigenvalue weighted by Crippen LogP contribution is 2.46. The van der Waals surface area contributed by atoms with Gasteiger partial charge in [0.05, 0.1) is 4.88 Å². The molecule has 14 heteroatoms. The van der Waals surface area contributed by atoms with Gasteiger partial charge in [0.15, 0.2) is 16.9 Å². The van der Waals surface area contributed by atoms with Crippen LogP contribution in [0.25, 0.3) is 10.4 Å². The van der Waals surface area contributed by atoms with Crippen molar-refractivity contribution in [1.29, 1.82) is 0 Å². The van der Waals surface area contributed by atoms with E-state index in [4.69, 9.17) is 16.3 Å². The summed E-state index contributed by atoms with van der Waals surface area (Å²) in [6.07, 6.45) is 6.26. The topological polar surface area (TPSA) is 132 Å². The monoisotopic (exact) mass is 837 g/mol. The predicted molar refractivity (Wildman–Crippen MR) is 231 cm³/mol. The van der Waals surface area contributed by atoms with E-state index in [1.54, 1.807) is 0 Å². The predicted octanol–water partition coefficient (Wildman–Crippen LogP) is 9.37. The summed E-state index contributed by atoms with van der Waals surface area (Å²) >= 11 is 9.41. The average Bonchev–Trinajstić information content (AvgIpc) is 3.76. The van der Waals surface area contributed by atoms with Crippen molar-refractivity contribution in [3.8, 4) is 16.2 Å². The molecule has 3 aromatic rings. The summed E-state index contributed by atoms with van der Waals surface area (Å²) in [4.78, 5) is 54.2. The van der Waals surface area contributed by atoms with Crippen molar-refractivity contribution in [3.05, 3.63) is 64.0 Å². The van der Waals surface area contributed by atoms with Crippen LogP contribution in [0.3, 0.4) is 0 Å². The van der Waals surface area contributed by atoms with Gasteiger partial charge in [0.2, 0.25) is 5.91 Å². The molecule has 6 rings (SSSR count). The number of hydrogen-bond acceptors (Lipinski definition) is 9. The minimum Gasteiger partial charge on any atom is -0.483 e. The van der Waals surface area contributed by atoms with Gasteiger partial charge in [-0.1, -0.05) is 61.7 Å². The number of amides is 3. The molecule has 3 fully saturated rings. The molecular formula is C43H56ClN5O6S2. The summed E-state index contributed by atoms with van der Waals surface area (Å²) in [7, 11) is 0. The number of urea groups is 1. The first-order chi connectivity index (χ1) is 27.2. The van der Waals surface area contributed by atoms with E-state index in [-0.39, 0.29) is 51.7 Å². The van der Waals surface area contributed by atoms with Gasteiger partial charge in [0.1, 0.15) is 11.6 Å². The zero-order valence-electron chi connectivity index (χ0n) is 33.6. The number of benzene rings is 2. The molecule has 0 aliphatic carbocycles. The van der Waals surface area contributed by atoms with Gasteiger partial charge in [-0.2, -0.15) is 0 Å². The van der Waals surface area contributed by atoms with Crippen LogP contribution in [0.2, 0.25) is 5.02 Å². The summed E-state index contributed by atoms with van der Waals surface area (Å²) in [6, 6.07) is 16.3. The third kappa shape index (κ3) is 10.3. The number of aldehydes is 1. The molecule has 0 radical (unpaired) electrons. The molecule has 3 aliphatic rings. The minimum absolute atomic E-state index is 0.00901. The normalized spacial score (nSPS) is 20.7. The van der Waals surface area contributed by atoms with E-state index in [1.807, 2.05) is 53.2 Å². The third-order valence-corrected chi connectivity index (χ3v) is 14.8. The van der Waals surface area contributed by atoms with E-state index in [9.17, 15) is 24.3 Å². The number of carboxylic acids is 1. The molecular weight excluding hydrogens is 782 g/mol. The molecule has 0 bridgehead atoms. The largest absolute Gasteiger partial charge is 0.483 e. The Kier molecular flexibility index (Phi) is 14.2. The highest BCUT2D eigenvalue weighted by atomic mass is 35.5. The molecule has 4 heterocycles. The number of halogens is 1. The molecule has 1 aromatic heterocycles. The molecule has 3 aliphatic heterocycles. The lowest BCUT2D eigenvalue weighted by atomic mass is 9.77. The number of anilines is 2. The van der Waals surface area contributed by atoms with Crippen molar-refractivity contribution >= 4 is 70.5 Å². The maximum Gasteiger partial charge on any atom is 0.349 e. The molecule has 0 spiro atoms. The number of hydrogen-bond donors (Lipinski definition) is 3. The van der Waals surface area contributed by atoms with Gasteiger partial charge >= 0.3 is 12.0 Å². The number of carbonyl (C=O) groups excluding carboxylic acids is 3. The van der Waals surface area contributed by atoms with E-state index in [1.165, 1.54) is 0 Å². The Hall–Kier alpha value is -3.78. The number of thiophene rings is 1. The van der Waals surface area contributed by atoms with E-state index < -0.39 is 5.97 Å². The molecule has 11 nitrogen and oxygen atoms in total. The fourth-order valence-corrected chi connectivity index (χ4v) is 11.3. The molecule has 3 unspecified atom stereocenters. The number of carbonyl (C=O) groups is 4. The Labute approximate surface area is 350 Å². The molecule has 57 heavy (non-hydrogen) atoms. The molecule has 3 amide bonds. The van der Waals surface area contributed by atoms with Crippen LogP contribution in [-0.4, -0.2) is 93.8 Å². The van der Waals surface area contributed by atoms with Crippen LogP contribution >= 0.6 is 34.9 Å². The summed E-state index contributed by atoms with van der Waals surface area (Å²) in [6.45, 7) is 13.8. The SMILES string of the molecule is CC(C)C(C(=O)N1CCCC1C)C1CCN(C(=O)Nc2cccc(CSN3CCC(Nc4cccc(-c5sc(C(=O)O)c(OCC=O)c5Cl)c4)CC3(C)C)c2)CC1. The second-order valence-corrected chi connectivity index (χ2v) is 18.9. The standard InChI is InChI=1S/C43H56ClN5O6S2/c1-27(2)35(40(51)48-17-8-9-28(48)3)30-14-18-47(19-15-30)42(54)46-32-12-6-10-29(23-32)26-56-49-20-16-34(25-43(49,4)5)45-33-13-7-11-31(24-33)38-36(44)37(55-22-21-50)39(57-38)41(52)53/h6-7,10-13,21,23-24,27-28,30,34-35,45H,8-9,14-20,22,25-26H2,1-5H3,(H,46,54)(H,52,53). The number of nitrogens with one attached hydrogen (secondary N) is 2. The fourth-order valence-electron chi connectivity index (χ4n) is 8.74. The number of piperidine rings is 2. The first kappa shape index (κ1) is 42.8. The first-order valence-corrected chi connectivity index (χ1v) is 22.2. The molecule has 3 N–H and O–H groups in total. The van der Waals surface area contributed by atoms with Crippen LogP contribution in [0.4, 0.5) is 16.2 Å². The fraction of sp³-hybridized carbons (Fsp3) is 0.535. The van der Waals surface area contributed by atoms with Crippen LogP contribution in [0, 0.1) is 17.8 Å². The van der Waals surface area contributed by atoms with Gasteiger partial charge in [0.25, 0.3) is 0 Å². The maximum absolute atomic E-state index is 13.6. The van der Waals surface area contributed by atoms with Crippen molar-refractivity contribution in [2.75, 3.05) is 43.4 Å². The lowest BCUT2D eigenvalue weighted by molar-refractivity contribution is -0.140. The lowest BCUT2D eigenvalue weighted by Crippen LogP contribution is -2.49. The number of aromatic carboxylic acids is 1. The Morgan fingerprint density at radius 3 is 2.44 bits per heavy atom. The van der Waals surface area contributed by atoms with Crippen LogP contribution in [0.15, 0.2) is 48.5 Å². The van der Waals surface area contributed by atoms with Crippen LogP contribution in [-0.2, 0) is 15.3 Å². The quantitative estimate of drug-likeness (QED) is 0.107. The summed E-state index contributed by atoms with van der Waals surface area (Å²) in [5.74, 6) is 0.516. The van der Waals surface area contributed by atoms with E-state index in [0.29, 0.717) is 42.1 Å². The zero-order valence-corrected chi connectivity index (χ0v) is 36.0. The van der Waals surface area contributed by atoms with Gasteiger partial charge in [-0.15, -0.1) is 11.3 Å². The van der Waals surface area contributed by atoms with Crippen molar-refractivity contribution in [2.24, 2.45) is 17.8 Å². The second kappa shape index (κ2) is 18.9. The summed E-state index contributed by atoms with van der Waals surface area (Å²) in [5, 5.41) is 16.7. The molecule has 2 aromatic carbocycles. The van der Waals surface area contributed by atoms with E-state index in [2.05, 4.69) is 66.6 Å². The van der Waals surface area contributed by atoms with Gasteiger partial charge < -0.3 is 30.3 Å². The highest BCUT2D eigenvalue weighted by Gasteiger charge is 2.39. The van der Waals surface area contributed by atoms with Crippen molar-refractivity contribution in [3.63, 3.8) is 0 Å². The van der Waals surface area contributed by atoms with Crippen LogP contribution in [0.1, 0.15) is 88.4 Å². The van der Waals surface area contributed by atoms with Gasteiger partial charge in [-0.05, 0) is 107 Å². The molecule has 0 saturated carbocycles. The number of likely N-dealkylation sites (tertiary alicyclic amines) is 2. The van der Waals surface area contributed by atoms with E-state index in [0.717, 1.165) is 91.2 Å². The zero-order chi connectivity index (χ0) is 40.9. The highest BCUT2D eigenvalue weighted by molar-refractivity contribution is 7.96. The Morgan fingerprint density at radius 2 is 1.77 bits per heavy atom. The first-order valence-electron chi connectivity index (χ1n) is 20.1. The molecule has 3 saturated heterocycles. The minimum atomic E-state index is -1.16. The summed E-state index contributed by atoms with van der Waals surface area (Å²) < 4.78 is 7.83. The van der Waals surface area contributed by atoms with E-state index >= 15 is 0 Å². The Morgan fingerprint density at radius 1 is 1.04 bits per heavy atom. The maximum atomic E-state index is 13.6.